The molecular formula is C12H22N4O3. The fourth-order valence-corrected chi connectivity index (χ4v) is 2.87. The van der Waals surface area contributed by atoms with Gasteiger partial charge in [-0.3, -0.25) is 5.32 Å². The SMILES string of the molecule is COC(=O)C1(NCCN=[N+]=[N-])CC(C)(C)OC1(C)C. The Kier molecular flexibility index (Phi) is 4.45. The minimum absolute atomic E-state index is 0.270. The van der Waals surface area contributed by atoms with Crippen LogP contribution in [0.4, 0.5) is 0 Å². The van der Waals surface area contributed by atoms with Gasteiger partial charge in [-0.2, -0.15) is 0 Å². The normalized spacial score (nSPS) is 27.6. The molecule has 0 spiro atoms. The molecule has 0 aromatic rings. The second-order valence-electron chi connectivity index (χ2n) is 5.83. The molecule has 1 aliphatic rings. The Balaban J connectivity index is 2.99. The quantitative estimate of drug-likeness (QED) is 0.271. The second kappa shape index (κ2) is 5.36. The Hall–Kier alpha value is -1.30. The Morgan fingerprint density at radius 1 is 1.47 bits per heavy atom. The van der Waals surface area contributed by atoms with Crippen molar-refractivity contribution in [2.45, 2.75) is 50.9 Å². The van der Waals surface area contributed by atoms with Gasteiger partial charge in [-0.05, 0) is 33.2 Å². The molecule has 0 aliphatic carbocycles. The van der Waals surface area contributed by atoms with Crippen molar-refractivity contribution in [2.75, 3.05) is 20.2 Å². The van der Waals surface area contributed by atoms with Gasteiger partial charge in [0.2, 0.25) is 0 Å². The number of azide groups is 1. The number of rotatable bonds is 5. The van der Waals surface area contributed by atoms with Crippen molar-refractivity contribution < 1.29 is 14.3 Å². The molecule has 0 bridgehead atoms. The lowest BCUT2D eigenvalue weighted by Gasteiger charge is -2.37. The van der Waals surface area contributed by atoms with Crippen molar-refractivity contribution in [1.29, 1.82) is 0 Å². The third kappa shape index (κ3) is 3.00. The minimum atomic E-state index is -0.934. The summed E-state index contributed by atoms with van der Waals surface area (Å²) >= 11 is 0. The molecule has 1 N–H and O–H groups in total. The molecule has 0 saturated carbocycles. The molecule has 0 radical (unpaired) electrons. The zero-order valence-corrected chi connectivity index (χ0v) is 12.2. The summed E-state index contributed by atoms with van der Waals surface area (Å²) in [5.41, 5.74) is 6.21. The van der Waals surface area contributed by atoms with E-state index in [2.05, 4.69) is 15.3 Å². The highest BCUT2D eigenvalue weighted by Gasteiger charge is 2.62. The summed E-state index contributed by atoms with van der Waals surface area (Å²) in [5, 5.41) is 6.62. The van der Waals surface area contributed by atoms with Crippen molar-refractivity contribution in [3.05, 3.63) is 10.4 Å². The second-order valence-corrected chi connectivity index (χ2v) is 5.83. The van der Waals surface area contributed by atoms with Gasteiger partial charge in [0.25, 0.3) is 0 Å². The molecule has 1 unspecified atom stereocenters. The van der Waals surface area contributed by atoms with E-state index in [4.69, 9.17) is 15.0 Å². The molecule has 7 heteroatoms. The largest absolute Gasteiger partial charge is 0.468 e. The zero-order chi connectivity index (χ0) is 14.7. The van der Waals surface area contributed by atoms with E-state index in [0.29, 0.717) is 13.0 Å². The lowest BCUT2D eigenvalue weighted by molar-refractivity contribution is -0.157. The lowest BCUT2D eigenvalue weighted by atomic mass is 9.79. The van der Waals surface area contributed by atoms with Gasteiger partial charge in [0, 0.05) is 24.4 Å². The highest BCUT2D eigenvalue weighted by Crippen LogP contribution is 2.45. The predicted octanol–water partition coefficient (Wildman–Crippen LogP) is 1.78. The van der Waals surface area contributed by atoms with Crippen LogP contribution in [0.3, 0.4) is 0 Å². The Morgan fingerprint density at radius 3 is 2.53 bits per heavy atom. The number of nitrogens with zero attached hydrogens (tertiary/aromatic N) is 3. The van der Waals surface area contributed by atoms with Crippen LogP contribution in [-0.2, 0) is 14.3 Å². The first kappa shape index (κ1) is 15.8. The maximum absolute atomic E-state index is 12.2. The smallest absolute Gasteiger partial charge is 0.329 e. The average molecular weight is 270 g/mol. The standard InChI is InChI=1S/C12H22N4O3/c1-10(2)8-12(9(17)18-5,11(3,4)19-10)14-6-7-15-16-13/h14H,6-8H2,1-5H3. The highest BCUT2D eigenvalue weighted by molar-refractivity contribution is 5.83. The van der Waals surface area contributed by atoms with E-state index < -0.39 is 16.7 Å². The van der Waals surface area contributed by atoms with Crippen molar-refractivity contribution in [2.24, 2.45) is 5.11 Å². The lowest BCUT2D eigenvalue weighted by Crippen LogP contribution is -2.63. The summed E-state index contributed by atoms with van der Waals surface area (Å²) in [6.07, 6.45) is 0.496. The average Bonchev–Trinajstić information content (AvgIpc) is 2.49. The maximum atomic E-state index is 12.2. The number of esters is 1. The molecule has 1 aliphatic heterocycles. The Bertz CT molecular complexity index is 402. The maximum Gasteiger partial charge on any atom is 0.329 e. The monoisotopic (exact) mass is 270 g/mol. The van der Waals surface area contributed by atoms with E-state index in [9.17, 15) is 4.79 Å². The van der Waals surface area contributed by atoms with Gasteiger partial charge in [0.15, 0.2) is 0 Å². The number of methoxy groups -OCH3 is 1. The number of carbonyl (C=O) groups is 1. The van der Waals surface area contributed by atoms with E-state index >= 15 is 0 Å². The molecule has 19 heavy (non-hydrogen) atoms. The van der Waals surface area contributed by atoms with Crippen LogP contribution in [0.15, 0.2) is 5.11 Å². The number of carbonyl (C=O) groups excluding carboxylic acids is 1. The number of hydrogen-bond donors (Lipinski definition) is 1. The van der Waals surface area contributed by atoms with Gasteiger partial charge >= 0.3 is 5.97 Å². The summed E-state index contributed by atoms with van der Waals surface area (Å²) in [7, 11) is 1.36. The molecular weight excluding hydrogens is 248 g/mol. The molecule has 1 fully saturated rings. The molecule has 108 valence electrons. The number of nitrogens with one attached hydrogen (secondary N) is 1. The van der Waals surface area contributed by atoms with E-state index in [1.54, 1.807) is 0 Å². The third-order valence-electron chi connectivity index (χ3n) is 3.49. The number of ether oxygens (including phenoxy) is 2. The first-order valence-electron chi connectivity index (χ1n) is 6.25. The Labute approximate surface area is 113 Å². The van der Waals surface area contributed by atoms with Crippen molar-refractivity contribution in [1.82, 2.24) is 5.32 Å². The third-order valence-corrected chi connectivity index (χ3v) is 3.49. The highest BCUT2D eigenvalue weighted by atomic mass is 16.6. The molecule has 1 atom stereocenters. The first-order valence-corrected chi connectivity index (χ1v) is 6.25. The molecule has 0 aromatic heterocycles. The number of hydrogen-bond acceptors (Lipinski definition) is 5. The van der Waals surface area contributed by atoms with Crippen LogP contribution in [0.5, 0.6) is 0 Å². The van der Waals surface area contributed by atoms with Crippen LogP contribution < -0.4 is 5.32 Å². The molecule has 1 saturated heterocycles. The van der Waals surface area contributed by atoms with Gasteiger partial charge < -0.3 is 9.47 Å². The van der Waals surface area contributed by atoms with E-state index in [1.807, 2.05) is 27.7 Å². The van der Waals surface area contributed by atoms with Crippen LogP contribution in [0.25, 0.3) is 10.4 Å². The van der Waals surface area contributed by atoms with Crippen LogP contribution in [0, 0.1) is 0 Å². The summed E-state index contributed by atoms with van der Waals surface area (Å²) in [5.74, 6) is -0.357. The Morgan fingerprint density at radius 2 is 2.11 bits per heavy atom. The minimum Gasteiger partial charge on any atom is -0.468 e. The van der Waals surface area contributed by atoms with Crippen LogP contribution in [0.2, 0.25) is 0 Å². The van der Waals surface area contributed by atoms with Gasteiger partial charge in [0.1, 0.15) is 5.54 Å². The fraction of sp³-hybridized carbons (Fsp3) is 0.917. The summed E-state index contributed by atoms with van der Waals surface area (Å²) in [6.45, 7) is 8.26. The van der Waals surface area contributed by atoms with Gasteiger partial charge in [-0.1, -0.05) is 5.11 Å². The van der Waals surface area contributed by atoms with Gasteiger partial charge in [0.05, 0.1) is 18.3 Å². The zero-order valence-electron chi connectivity index (χ0n) is 12.2. The topological polar surface area (TPSA) is 96.3 Å². The van der Waals surface area contributed by atoms with Crippen LogP contribution >= 0.6 is 0 Å². The molecule has 1 heterocycles. The van der Waals surface area contributed by atoms with Crippen LogP contribution in [-0.4, -0.2) is 42.9 Å². The van der Waals surface area contributed by atoms with Crippen molar-refractivity contribution >= 4 is 5.97 Å². The van der Waals surface area contributed by atoms with E-state index in [-0.39, 0.29) is 12.5 Å². The first-order chi connectivity index (χ1) is 8.71. The van der Waals surface area contributed by atoms with Crippen molar-refractivity contribution in [3.63, 3.8) is 0 Å². The summed E-state index contributed by atoms with van der Waals surface area (Å²) < 4.78 is 10.9. The van der Waals surface area contributed by atoms with E-state index in [1.165, 1.54) is 7.11 Å². The molecule has 1 rings (SSSR count). The van der Waals surface area contributed by atoms with Crippen molar-refractivity contribution in [3.8, 4) is 0 Å². The summed E-state index contributed by atoms with van der Waals surface area (Å²) in [4.78, 5) is 14.9. The molecule has 0 aromatic carbocycles. The summed E-state index contributed by atoms with van der Waals surface area (Å²) in [6, 6.07) is 0. The molecule has 7 nitrogen and oxygen atoms in total. The van der Waals surface area contributed by atoms with Crippen LogP contribution in [0.1, 0.15) is 34.1 Å². The van der Waals surface area contributed by atoms with E-state index in [0.717, 1.165) is 0 Å². The molecule has 0 amide bonds. The van der Waals surface area contributed by atoms with Gasteiger partial charge in [-0.15, -0.1) is 0 Å². The fourth-order valence-electron chi connectivity index (χ4n) is 2.87. The predicted molar refractivity (Wildman–Crippen MR) is 70.6 cm³/mol. The van der Waals surface area contributed by atoms with Gasteiger partial charge in [-0.25, -0.2) is 4.79 Å².